The SMILES string of the molecule is c1ccc(-c2nc3c(ccc4c(-c5ccc(N(c6ccc7c(c6)sc6ccccc67)c6ccc7c(c6)c6ccccc6n7-c6ccccc6)cc5)cccc43)o2)cc1. The van der Waals surface area contributed by atoms with Gasteiger partial charge in [0.25, 0.3) is 0 Å². The van der Waals surface area contributed by atoms with E-state index >= 15 is 0 Å². The molecule has 0 saturated heterocycles. The number of thiophene rings is 1. The van der Waals surface area contributed by atoms with Crippen LogP contribution in [0, 0.1) is 0 Å². The van der Waals surface area contributed by atoms with Crippen molar-refractivity contribution >= 4 is 92.2 Å². The molecule has 3 heterocycles. The Labute approximate surface area is 338 Å². The van der Waals surface area contributed by atoms with Crippen LogP contribution in [0.4, 0.5) is 17.1 Å². The first-order chi connectivity index (χ1) is 28.7. The van der Waals surface area contributed by atoms with Gasteiger partial charge in [-0.05, 0) is 108 Å². The Morgan fingerprint density at radius 2 is 1.09 bits per heavy atom. The average molecular weight is 760 g/mol. The molecule has 0 unspecified atom stereocenters. The highest BCUT2D eigenvalue weighted by Crippen LogP contribution is 2.44. The summed E-state index contributed by atoms with van der Waals surface area (Å²) in [4.78, 5) is 7.37. The van der Waals surface area contributed by atoms with E-state index in [1.807, 2.05) is 47.7 Å². The van der Waals surface area contributed by atoms with E-state index in [0.717, 1.165) is 61.3 Å². The third-order valence-corrected chi connectivity index (χ3v) is 12.6. The number of hydrogen-bond donors (Lipinski definition) is 0. The van der Waals surface area contributed by atoms with Crippen LogP contribution in [0.2, 0.25) is 0 Å². The second-order valence-electron chi connectivity index (χ2n) is 14.7. The first-order valence-corrected chi connectivity index (χ1v) is 20.4. The molecule has 0 atom stereocenters. The molecule has 0 aliphatic carbocycles. The van der Waals surface area contributed by atoms with Gasteiger partial charge in [-0.1, -0.05) is 109 Å². The average Bonchev–Trinajstić information content (AvgIpc) is 3.99. The number of anilines is 3. The Morgan fingerprint density at radius 3 is 1.95 bits per heavy atom. The number of oxazole rings is 1. The molecular formula is C53H33N3OS. The van der Waals surface area contributed by atoms with Crippen LogP contribution in [-0.4, -0.2) is 9.55 Å². The lowest BCUT2D eigenvalue weighted by Gasteiger charge is -2.26. The Balaban J connectivity index is 1.01. The zero-order valence-electron chi connectivity index (χ0n) is 31.2. The molecule has 12 rings (SSSR count). The van der Waals surface area contributed by atoms with Crippen molar-refractivity contribution in [2.45, 2.75) is 0 Å². The van der Waals surface area contributed by atoms with E-state index < -0.39 is 0 Å². The van der Waals surface area contributed by atoms with Crippen molar-refractivity contribution in [3.63, 3.8) is 0 Å². The van der Waals surface area contributed by atoms with Gasteiger partial charge < -0.3 is 13.9 Å². The van der Waals surface area contributed by atoms with Crippen molar-refractivity contribution < 1.29 is 4.42 Å². The second kappa shape index (κ2) is 13.1. The van der Waals surface area contributed by atoms with Gasteiger partial charge in [-0.25, -0.2) is 4.98 Å². The van der Waals surface area contributed by atoms with Gasteiger partial charge in [0.15, 0.2) is 5.58 Å². The van der Waals surface area contributed by atoms with Gasteiger partial charge in [-0.2, -0.15) is 0 Å². The zero-order chi connectivity index (χ0) is 38.2. The molecule has 0 N–H and O–H groups in total. The monoisotopic (exact) mass is 759 g/mol. The lowest BCUT2D eigenvalue weighted by atomic mass is 9.97. The minimum atomic E-state index is 0.634. The number of rotatable bonds is 6. The number of para-hydroxylation sites is 2. The van der Waals surface area contributed by atoms with Crippen molar-refractivity contribution in [3.8, 4) is 28.3 Å². The van der Waals surface area contributed by atoms with Crippen molar-refractivity contribution in [1.29, 1.82) is 0 Å². The standard InChI is InChI=1S/C53H33N3OS/c1-3-12-35(13-4-1)53-54-52-45-19-11-18-40(41(45)29-31-49(52)57-53)34-22-24-37(25-23-34)55(39-26-28-44-43-17-8-10-21-50(43)58-51(44)33-39)38-27-30-48-46(32-38)42-16-7-9-20-47(42)56(48)36-14-5-2-6-15-36/h1-33H. The maximum atomic E-state index is 6.23. The molecule has 0 spiro atoms. The fourth-order valence-electron chi connectivity index (χ4n) is 8.75. The molecule has 0 saturated carbocycles. The summed E-state index contributed by atoms with van der Waals surface area (Å²) < 4.78 is 11.2. The lowest BCUT2D eigenvalue weighted by Crippen LogP contribution is -2.09. The largest absolute Gasteiger partial charge is 0.436 e. The van der Waals surface area contributed by atoms with Crippen LogP contribution in [0.3, 0.4) is 0 Å². The maximum Gasteiger partial charge on any atom is 0.227 e. The molecule has 5 heteroatoms. The fourth-order valence-corrected chi connectivity index (χ4v) is 9.89. The number of nitrogens with zero attached hydrogens (tertiary/aromatic N) is 3. The summed E-state index contributed by atoms with van der Waals surface area (Å²) in [7, 11) is 0. The van der Waals surface area contributed by atoms with Gasteiger partial charge in [0.2, 0.25) is 5.89 Å². The summed E-state index contributed by atoms with van der Waals surface area (Å²) in [6.07, 6.45) is 0. The molecule has 0 aliphatic rings. The highest BCUT2D eigenvalue weighted by molar-refractivity contribution is 7.25. The smallest absolute Gasteiger partial charge is 0.227 e. The molecular weight excluding hydrogens is 727 g/mol. The van der Waals surface area contributed by atoms with E-state index in [-0.39, 0.29) is 0 Å². The van der Waals surface area contributed by atoms with E-state index in [2.05, 4.69) is 173 Å². The van der Waals surface area contributed by atoms with E-state index in [0.29, 0.717) is 5.89 Å². The Kier molecular flexibility index (Phi) is 7.37. The number of aromatic nitrogens is 2. The fraction of sp³-hybridized carbons (Fsp3) is 0. The van der Waals surface area contributed by atoms with Gasteiger partial charge in [0.05, 0.1) is 11.0 Å². The van der Waals surface area contributed by atoms with Gasteiger partial charge in [0.1, 0.15) is 5.52 Å². The molecule has 0 aliphatic heterocycles. The molecule has 0 radical (unpaired) electrons. The van der Waals surface area contributed by atoms with Gasteiger partial charge in [-0.3, -0.25) is 0 Å². The molecule has 0 amide bonds. The minimum Gasteiger partial charge on any atom is -0.436 e. The van der Waals surface area contributed by atoms with Crippen LogP contribution >= 0.6 is 11.3 Å². The Bertz CT molecular complexity index is 3510. The number of benzene rings is 9. The van der Waals surface area contributed by atoms with Gasteiger partial charge >= 0.3 is 0 Å². The van der Waals surface area contributed by atoms with Gasteiger partial charge in [0, 0.05) is 64.6 Å². The van der Waals surface area contributed by atoms with E-state index in [1.165, 1.54) is 42.0 Å². The third kappa shape index (κ3) is 5.18. The zero-order valence-corrected chi connectivity index (χ0v) is 32.0. The van der Waals surface area contributed by atoms with Crippen LogP contribution in [0.15, 0.2) is 205 Å². The number of fused-ring (bicyclic) bond motifs is 9. The quantitative estimate of drug-likeness (QED) is 0.169. The lowest BCUT2D eigenvalue weighted by molar-refractivity contribution is 0.620. The van der Waals surface area contributed by atoms with Crippen LogP contribution < -0.4 is 4.90 Å². The summed E-state index contributed by atoms with van der Waals surface area (Å²) >= 11 is 1.85. The molecule has 3 aromatic heterocycles. The molecule has 0 bridgehead atoms. The summed E-state index contributed by atoms with van der Waals surface area (Å²) in [5.74, 6) is 0.634. The van der Waals surface area contributed by atoms with Crippen LogP contribution in [-0.2, 0) is 0 Å². The summed E-state index contributed by atoms with van der Waals surface area (Å²) in [5, 5.41) is 7.25. The highest BCUT2D eigenvalue weighted by atomic mass is 32.1. The predicted octanol–water partition coefficient (Wildman–Crippen LogP) is 15.2. The van der Waals surface area contributed by atoms with Crippen LogP contribution in [0.25, 0.3) is 92.1 Å². The minimum absolute atomic E-state index is 0.634. The Morgan fingerprint density at radius 1 is 0.431 bits per heavy atom. The van der Waals surface area contributed by atoms with E-state index in [9.17, 15) is 0 Å². The molecule has 0 fully saturated rings. The van der Waals surface area contributed by atoms with E-state index in [4.69, 9.17) is 9.40 Å². The highest BCUT2D eigenvalue weighted by Gasteiger charge is 2.19. The van der Waals surface area contributed by atoms with Crippen molar-refractivity contribution in [2.24, 2.45) is 0 Å². The molecule has 272 valence electrons. The topological polar surface area (TPSA) is 34.2 Å². The Hall–Kier alpha value is -7.47. The third-order valence-electron chi connectivity index (χ3n) is 11.4. The van der Waals surface area contributed by atoms with E-state index in [1.54, 1.807) is 0 Å². The summed E-state index contributed by atoms with van der Waals surface area (Å²) in [6.45, 7) is 0. The molecule has 4 nitrogen and oxygen atoms in total. The molecule has 9 aromatic carbocycles. The predicted molar refractivity (Wildman–Crippen MR) is 244 cm³/mol. The molecule has 58 heavy (non-hydrogen) atoms. The first-order valence-electron chi connectivity index (χ1n) is 19.5. The molecule has 12 aromatic rings. The van der Waals surface area contributed by atoms with Crippen LogP contribution in [0.1, 0.15) is 0 Å². The second-order valence-corrected chi connectivity index (χ2v) is 15.8. The normalized spacial score (nSPS) is 11.8. The summed E-state index contributed by atoms with van der Waals surface area (Å²) in [6, 6.07) is 71.6. The van der Waals surface area contributed by atoms with Gasteiger partial charge in [-0.15, -0.1) is 11.3 Å². The summed E-state index contributed by atoms with van der Waals surface area (Å²) in [5.41, 5.74) is 11.8. The van der Waals surface area contributed by atoms with Crippen molar-refractivity contribution in [2.75, 3.05) is 4.90 Å². The number of hydrogen-bond acceptors (Lipinski definition) is 4. The first kappa shape index (κ1) is 32.7. The van der Waals surface area contributed by atoms with Crippen molar-refractivity contribution in [3.05, 3.63) is 200 Å². The maximum absolute atomic E-state index is 6.23. The van der Waals surface area contributed by atoms with Crippen molar-refractivity contribution in [1.82, 2.24) is 9.55 Å². The van der Waals surface area contributed by atoms with Crippen LogP contribution in [0.5, 0.6) is 0 Å².